The van der Waals surface area contributed by atoms with E-state index >= 15 is 0 Å². The van der Waals surface area contributed by atoms with Crippen LogP contribution in [0.3, 0.4) is 0 Å². The van der Waals surface area contributed by atoms with Gasteiger partial charge in [-0.05, 0) is 32.0 Å². The highest BCUT2D eigenvalue weighted by Crippen LogP contribution is 2.26. The minimum atomic E-state index is -3.59. The maximum absolute atomic E-state index is 12.7. The number of morpholine rings is 1. The zero-order valence-corrected chi connectivity index (χ0v) is 13.6. The smallest absolute Gasteiger partial charge is 0.261 e. The Kier molecular flexibility index (Phi) is 4.98. The molecule has 0 amide bonds. The minimum absolute atomic E-state index is 0.0951. The first-order chi connectivity index (χ1) is 9.88. The summed E-state index contributed by atoms with van der Waals surface area (Å²) in [6.45, 7) is 8.47. The molecule has 0 spiro atoms. The van der Waals surface area contributed by atoms with E-state index in [-0.39, 0.29) is 5.03 Å². The van der Waals surface area contributed by atoms with Crippen LogP contribution in [-0.2, 0) is 21.3 Å². The lowest BCUT2D eigenvalue weighted by molar-refractivity contribution is -0.00782. The van der Waals surface area contributed by atoms with Gasteiger partial charge in [-0.15, -0.1) is 0 Å². The number of nitrogens with one attached hydrogen (secondary N) is 1. The summed E-state index contributed by atoms with van der Waals surface area (Å²) in [7, 11) is -3.59. The Hall–Kier alpha value is -1.02. The number of nitrogens with zero attached hydrogens (tertiary/aromatic N) is 2. The molecule has 2 heterocycles. The Morgan fingerprint density at radius 1 is 1.43 bits per heavy atom. The third-order valence-electron chi connectivity index (χ3n) is 3.50. The summed E-state index contributed by atoms with van der Waals surface area (Å²) in [6, 6.07) is 3.38. The summed E-state index contributed by atoms with van der Waals surface area (Å²) >= 11 is 0. The zero-order chi connectivity index (χ0) is 15.5. The van der Waals surface area contributed by atoms with Crippen molar-refractivity contribution in [3.8, 4) is 0 Å². The molecule has 0 atom stereocenters. The highest BCUT2D eigenvalue weighted by Gasteiger charge is 2.40. The van der Waals surface area contributed by atoms with E-state index in [1.165, 1.54) is 4.31 Å². The van der Waals surface area contributed by atoms with Crippen LogP contribution < -0.4 is 5.32 Å². The fraction of sp³-hybridized carbons (Fsp3) is 0.643. The number of sulfonamides is 1. The number of ether oxygens (including phenoxy) is 1. The van der Waals surface area contributed by atoms with Gasteiger partial charge in [-0.2, -0.15) is 4.31 Å². The quantitative estimate of drug-likeness (QED) is 0.878. The normalized spacial score (nSPS) is 19.6. The molecule has 0 aromatic carbocycles. The first kappa shape index (κ1) is 16.4. The average molecular weight is 313 g/mol. The lowest BCUT2D eigenvalue weighted by atomic mass is 10.1. The standard InChI is InChI=1S/C14H23N3O3S/c1-4-15-9-12-5-6-13(16-10-12)21(18,19)17-7-8-20-11-14(17,2)3/h5-6,10,15H,4,7-9,11H2,1-3H3. The van der Waals surface area contributed by atoms with Gasteiger partial charge in [0.2, 0.25) is 0 Å². The molecular formula is C14H23N3O3S. The summed E-state index contributed by atoms with van der Waals surface area (Å²) < 4.78 is 32.3. The highest BCUT2D eigenvalue weighted by molar-refractivity contribution is 7.89. The molecule has 0 saturated carbocycles. The first-order valence-corrected chi connectivity index (χ1v) is 8.58. The molecule has 2 rings (SSSR count). The minimum Gasteiger partial charge on any atom is -0.378 e. The van der Waals surface area contributed by atoms with E-state index in [2.05, 4.69) is 10.3 Å². The third-order valence-corrected chi connectivity index (χ3v) is 5.53. The fourth-order valence-electron chi connectivity index (χ4n) is 2.34. The van der Waals surface area contributed by atoms with Crippen molar-refractivity contribution < 1.29 is 13.2 Å². The van der Waals surface area contributed by atoms with Crippen molar-refractivity contribution in [2.24, 2.45) is 0 Å². The van der Waals surface area contributed by atoms with Crippen LogP contribution in [0.25, 0.3) is 0 Å². The van der Waals surface area contributed by atoms with Gasteiger partial charge in [-0.1, -0.05) is 13.0 Å². The van der Waals surface area contributed by atoms with Crippen LogP contribution in [0.5, 0.6) is 0 Å². The van der Waals surface area contributed by atoms with Crippen LogP contribution in [0.1, 0.15) is 26.3 Å². The zero-order valence-electron chi connectivity index (χ0n) is 12.8. The van der Waals surface area contributed by atoms with Crippen LogP contribution in [0.4, 0.5) is 0 Å². The van der Waals surface area contributed by atoms with Gasteiger partial charge in [0.1, 0.15) is 0 Å². The van der Waals surface area contributed by atoms with Crippen molar-refractivity contribution in [2.45, 2.75) is 37.9 Å². The number of hydrogen-bond donors (Lipinski definition) is 1. The lowest BCUT2D eigenvalue weighted by Gasteiger charge is -2.40. The van der Waals surface area contributed by atoms with Gasteiger partial charge in [-0.25, -0.2) is 13.4 Å². The van der Waals surface area contributed by atoms with Gasteiger partial charge in [0.15, 0.2) is 5.03 Å². The molecule has 1 aliphatic rings. The van der Waals surface area contributed by atoms with Crippen LogP contribution in [0, 0.1) is 0 Å². The molecule has 7 heteroatoms. The summed E-state index contributed by atoms with van der Waals surface area (Å²) in [5.74, 6) is 0. The van der Waals surface area contributed by atoms with Gasteiger partial charge in [-0.3, -0.25) is 0 Å². The van der Waals surface area contributed by atoms with E-state index < -0.39 is 15.6 Å². The van der Waals surface area contributed by atoms with Gasteiger partial charge in [0.25, 0.3) is 10.0 Å². The summed E-state index contributed by atoms with van der Waals surface area (Å²) in [4.78, 5) is 4.13. The molecule has 1 aromatic rings. The number of aromatic nitrogens is 1. The maximum Gasteiger partial charge on any atom is 0.261 e. The topological polar surface area (TPSA) is 71.5 Å². The number of rotatable bonds is 5. The van der Waals surface area contributed by atoms with Crippen molar-refractivity contribution in [1.29, 1.82) is 0 Å². The maximum atomic E-state index is 12.7. The molecule has 0 bridgehead atoms. The fourth-order valence-corrected chi connectivity index (χ4v) is 4.01. The lowest BCUT2D eigenvalue weighted by Crippen LogP contribution is -2.55. The molecule has 0 aliphatic carbocycles. The van der Waals surface area contributed by atoms with Crippen LogP contribution >= 0.6 is 0 Å². The number of hydrogen-bond acceptors (Lipinski definition) is 5. The van der Waals surface area contributed by atoms with E-state index in [9.17, 15) is 8.42 Å². The van der Waals surface area contributed by atoms with E-state index in [4.69, 9.17) is 4.74 Å². The van der Waals surface area contributed by atoms with Crippen LogP contribution in [0.2, 0.25) is 0 Å². The van der Waals surface area contributed by atoms with Crippen molar-refractivity contribution in [2.75, 3.05) is 26.3 Å². The van der Waals surface area contributed by atoms with Gasteiger partial charge < -0.3 is 10.1 Å². The molecule has 1 N–H and O–H groups in total. The van der Waals surface area contributed by atoms with E-state index in [1.54, 1.807) is 18.3 Å². The molecule has 118 valence electrons. The second-order valence-corrected chi connectivity index (χ2v) is 7.54. The van der Waals surface area contributed by atoms with Crippen molar-refractivity contribution in [3.63, 3.8) is 0 Å². The molecule has 6 nitrogen and oxygen atoms in total. The van der Waals surface area contributed by atoms with Crippen LogP contribution in [0.15, 0.2) is 23.4 Å². The molecule has 1 saturated heterocycles. The summed E-state index contributed by atoms with van der Waals surface area (Å²) in [5.41, 5.74) is 0.415. The van der Waals surface area contributed by atoms with Crippen LogP contribution in [-0.4, -0.2) is 49.5 Å². The second kappa shape index (κ2) is 6.39. The Balaban J connectivity index is 2.22. The molecular weight excluding hydrogens is 290 g/mol. The molecule has 1 aliphatic heterocycles. The van der Waals surface area contributed by atoms with Gasteiger partial charge in [0, 0.05) is 19.3 Å². The Morgan fingerprint density at radius 3 is 2.76 bits per heavy atom. The van der Waals surface area contributed by atoms with E-state index in [0.717, 1.165) is 12.1 Å². The van der Waals surface area contributed by atoms with E-state index in [1.807, 2.05) is 20.8 Å². The Labute approximate surface area is 126 Å². The molecule has 1 aromatic heterocycles. The van der Waals surface area contributed by atoms with Crippen molar-refractivity contribution in [3.05, 3.63) is 23.9 Å². The van der Waals surface area contributed by atoms with Crippen molar-refractivity contribution in [1.82, 2.24) is 14.6 Å². The predicted octanol–water partition coefficient (Wildman–Crippen LogP) is 0.991. The molecule has 21 heavy (non-hydrogen) atoms. The Bertz CT molecular complexity index is 570. The summed E-state index contributed by atoms with van der Waals surface area (Å²) in [6.07, 6.45) is 1.61. The predicted molar refractivity (Wildman–Crippen MR) is 80.4 cm³/mol. The highest BCUT2D eigenvalue weighted by atomic mass is 32.2. The second-order valence-electron chi connectivity index (χ2n) is 5.73. The van der Waals surface area contributed by atoms with Gasteiger partial charge >= 0.3 is 0 Å². The molecule has 1 fully saturated rings. The monoisotopic (exact) mass is 313 g/mol. The van der Waals surface area contributed by atoms with Crippen molar-refractivity contribution >= 4 is 10.0 Å². The summed E-state index contributed by atoms with van der Waals surface area (Å²) in [5, 5.41) is 3.28. The number of pyridine rings is 1. The third kappa shape index (κ3) is 3.60. The average Bonchev–Trinajstić information content (AvgIpc) is 2.44. The van der Waals surface area contributed by atoms with Gasteiger partial charge in [0.05, 0.1) is 18.8 Å². The van der Waals surface area contributed by atoms with E-state index in [0.29, 0.717) is 26.3 Å². The SMILES string of the molecule is CCNCc1ccc(S(=O)(=O)N2CCOCC2(C)C)nc1. The molecule has 0 unspecified atom stereocenters. The first-order valence-electron chi connectivity index (χ1n) is 7.14. The Morgan fingerprint density at radius 2 is 2.19 bits per heavy atom. The molecule has 0 radical (unpaired) electrons. The largest absolute Gasteiger partial charge is 0.378 e.